The van der Waals surface area contributed by atoms with Crippen LogP contribution in [0.15, 0.2) is 41.5 Å². The van der Waals surface area contributed by atoms with Crippen molar-refractivity contribution in [1.29, 1.82) is 0 Å². The second-order valence-electron chi connectivity index (χ2n) is 8.15. The largest absolute Gasteiger partial charge is 0.439 e. The van der Waals surface area contributed by atoms with Crippen molar-refractivity contribution >= 4 is 5.96 Å². The van der Waals surface area contributed by atoms with E-state index in [0.717, 1.165) is 62.8 Å². The van der Waals surface area contributed by atoms with Gasteiger partial charge in [0.1, 0.15) is 5.75 Å². The summed E-state index contributed by atoms with van der Waals surface area (Å²) in [5.41, 5.74) is 3.54. The maximum Gasteiger partial charge on any atom is 0.219 e. The summed E-state index contributed by atoms with van der Waals surface area (Å²) in [7, 11) is 3.55. The average Bonchev–Trinajstić information content (AvgIpc) is 2.81. The van der Waals surface area contributed by atoms with Gasteiger partial charge in [-0.05, 0) is 68.0 Å². The Morgan fingerprint density at radius 3 is 2.66 bits per heavy atom. The van der Waals surface area contributed by atoms with Crippen molar-refractivity contribution in [1.82, 2.24) is 15.2 Å². The maximum absolute atomic E-state index is 5.96. The van der Waals surface area contributed by atoms with Crippen molar-refractivity contribution in [2.75, 3.05) is 40.5 Å². The lowest BCUT2D eigenvalue weighted by Gasteiger charge is -2.34. The van der Waals surface area contributed by atoms with Crippen LogP contribution in [-0.4, -0.2) is 62.4 Å². The number of aryl methyl sites for hydroxylation is 2. The van der Waals surface area contributed by atoms with Crippen molar-refractivity contribution in [3.05, 3.63) is 53.2 Å². The van der Waals surface area contributed by atoms with Gasteiger partial charge in [-0.15, -0.1) is 0 Å². The molecule has 0 radical (unpaired) electrons. The summed E-state index contributed by atoms with van der Waals surface area (Å²) in [4.78, 5) is 11.1. The molecule has 1 saturated heterocycles. The average molecular weight is 441 g/mol. The van der Waals surface area contributed by atoms with Gasteiger partial charge in [0.05, 0.1) is 6.10 Å². The molecule has 1 aliphatic heterocycles. The number of ether oxygens (including phenoxy) is 3. The molecule has 0 atom stereocenters. The number of guanidine groups is 1. The monoisotopic (exact) mass is 440 g/mol. The summed E-state index contributed by atoms with van der Waals surface area (Å²) in [5.74, 6) is 2.30. The molecule has 0 spiro atoms. The number of rotatable bonds is 9. The van der Waals surface area contributed by atoms with Gasteiger partial charge in [-0.2, -0.15) is 0 Å². The van der Waals surface area contributed by atoms with Gasteiger partial charge in [0, 0.05) is 59.3 Å². The Labute approximate surface area is 191 Å². The van der Waals surface area contributed by atoms with E-state index in [1.54, 1.807) is 13.3 Å². The number of benzene rings is 1. The Balaban J connectivity index is 1.48. The Bertz CT molecular complexity index is 879. The Morgan fingerprint density at radius 1 is 1.12 bits per heavy atom. The molecule has 1 aromatic heterocycles. The first kappa shape index (κ1) is 24.0. The van der Waals surface area contributed by atoms with E-state index in [0.29, 0.717) is 18.5 Å². The summed E-state index contributed by atoms with van der Waals surface area (Å²) >= 11 is 0. The number of aliphatic imine (C=N–C) groups is 1. The van der Waals surface area contributed by atoms with Crippen LogP contribution >= 0.6 is 0 Å². The highest BCUT2D eigenvalue weighted by atomic mass is 16.5. The predicted octanol–water partition coefficient (Wildman–Crippen LogP) is 4.08. The van der Waals surface area contributed by atoms with Gasteiger partial charge in [-0.25, -0.2) is 4.98 Å². The quantitative estimate of drug-likeness (QED) is 0.360. The number of nitrogens with zero attached hydrogens (tertiary/aromatic N) is 3. The number of likely N-dealkylation sites (tertiary alicyclic amines) is 1. The molecule has 32 heavy (non-hydrogen) atoms. The first-order valence-corrected chi connectivity index (χ1v) is 11.3. The third-order valence-electron chi connectivity index (χ3n) is 5.75. The molecular weight excluding hydrogens is 404 g/mol. The minimum absolute atomic E-state index is 0.325. The van der Waals surface area contributed by atoms with E-state index in [1.165, 1.54) is 11.1 Å². The van der Waals surface area contributed by atoms with E-state index in [9.17, 15) is 0 Å². The van der Waals surface area contributed by atoms with Crippen LogP contribution in [0.2, 0.25) is 0 Å². The Kier molecular flexibility index (Phi) is 9.31. The van der Waals surface area contributed by atoms with Crippen molar-refractivity contribution in [2.45, 2.75) is 45.8 Å². The molecule has 0 saturated carbocycles. The number of pyridine rings is 1. The fourth-order valence-corrected chi connectivity index (χ4v) is 3.72. The zero-order valence-electron chi connectivity index (χ0n) is 19.8. The van der Waals surface area contributed by atoms with Gasteiger partial charge in [0.15, 0.2) is 5.96 Å². The maximum atomic E-state index is 5.96. The topological polar surface area (TPSA) is 68.2 Å². The summed E-state index contributed by atoms with van der Waals surface area (Å²) in [5, 5.41) is 3.47. The normalized spacial score (nSPS) is 15.1. The van der Waals surface area contributed by atoms with E-state index in [2.05, 4.69) is 40.1 Å². The van der Waals surface area contributed by atoms with Crippen molar-refractivity contribution in [3.8, 4) is 11.6 Å². The number of nitrogens with one attached hydrogen (secondary N) is 1. The van der Waals surface area contributed by atoms with Gasteiger partial charge >= 0.3 is 0 Å². The lowest BCUT2D eigenvalue weighted by Crippen LogP contribution is -2.46. The van der Waals surface area contributed by atoms with E-state index in [1.807, 2.05) is 31.3 Å². The minimum Gasteiger partial charge on any atom is -0.439 e. The molecule has 2 heterocycles. The van der Waals surface area contributed by atoms with Crippen LogP contribution in [0.3, 0.4) is 0 Å². The number of piperidine rings is 1. The summed E-state index contributed by atoms with van der Waals surface area (Å²) in [6.07, 6.45) is 5.07. The summed E-state index contributed by atoms with van der Waals surface area (Å²) in [6, 6.07) is 10.0. The number of methoxy groups -OCH3 is 1. The lowest BCUT2D eigenvalue weighted by atomic mass is 10.1. The van der Waals surface area contributed by atoms with E-state index < -0.39 is 0 Å². The highest BCUT2D eigenvalue weighted by molar-refractivity contribution is 5.80. The van der Waals surface area contributed by atoms with Crippen LogP contribution in [0.5, 0.6) is 11.6 Å². The molecule has 0 bridgehead atoms. The SMILES string of the molecule is CN=C(NCc1ccnc(Oc2ccc(C)c(C)c2)c1)N1CCC(OCCCOC)CC1. The standard InChI is InChI=1S/C25H36N4O3/c1-19-6-7-23(16-20(19)2)32-24-17-21(8-11-27-24)18-28-25(26-3)29-12-9-22(10-13-29)31-15-5-14-30-4/h6-8,11,16-17,22H,5,9-10,12-15,18H2,1-4H3,(H,26,28). The molecule has 7 nitrogen and oxygen atoms in total. The minimum atomic E-state index is 0.325. The van der Waals surface area contributed by atoms with Gasteiger partial charge in [-0.1, -0.05) is 6.07 Å². The van der Waals surface area contributed by atoms with Crippen LogP contribution in [0, 0.1) is 13.8 Å². The molecule has 1 aromatic carbocycles. The van der Waals surface area contributed by atoms with E-state index >= 15 is 0 Å². The van der Waals surface area contributed by atoms with Crippen LogP contribution in [0.1, 0.15) is 36.0 Å². The third kappa shape index (κ3) is 7.21. The van der Waals surface area contributed by atoms with Crippen LogP contribution in [0.4, 0.5) is 0 Å². The fourth-order valence-electron chi connectivity index (χ4n) is 3.72. The van der Waals surface area contributed by atoms with Gasteiger partial charge in [0.25, 0.3) is 0 Å². The Hall–Kier alpha value is -2.64. The molecular formula is C25H36N4O3. The summed E-state index contributed by atoms with van der Waals surface area (Å²) in [6.45, 7) is 8.22. The highest BCUT2D eigenvalue weighted by Crippen LogP contribution is 2.23. The van der Waals surface area contributed by atoms with Crippen molar-refractivity contribution in [2.24, 2.45) is 4.99 Å². The second-order valence-corrected chi connectivity index (χ2v) is 8.15. The smallest absolute Gasteiger partial charge is 0.219 e. The third-order valence-corrected chi connectivity index (χ3v) is 5.75. The van der Waals surface area contributed by atoms with E-state index in [4.69, 9.17) is 14.2 Å². The van der Waals surface area contributed by atoms with Crippen molar-refractivity contribution in [3.63, 3.8) is 0 Å². The van der Waals surface area contributed by atoms with Gasteiger partial charge in [0.2, 0.25) is 5.88 Å². The Morgan fingerprint density at radius 2 is 1.94 bits per heavy atom. The number of aromatic nitrogens is 1. The molecule has 174 valence electrons. The van der Waals surface area contributed by atoms with Crippen LogP contribution < -0.4 is 10.1 Å². The van der Waals surface area contributed by atoms with Gasteiger partial charge < -0.3 is 24.4 Å². The molecule has 1 aliphatic rings. The first-order chi connectivity index (χ1) is 15.6. The van der Waals surface area contributed by atoms with Crippen molar-refractivity contribution < 1.29 is 14.2 Å². The number of hydrogen-bond donors (Lipinski definition) is 1. The molecule has 0 unspecified atom stereocenters. The molecule has 7 heteroatoms. The summed E-state index contributed by atoms with van der Waals surface area (Å²) < 4.78 is 17.0. The molecule has 0 amide bonds. The second kappa shape index (κ2) is 12.4. The van der Waals surface area contributed by atoms with E-state index in [-0.39, 0.29) is 0 Å². The predicted molar refractivity (Wildman–Crippen MR) is 127 cm³/mol. The molecule has 3 rings (SSSR count). The lowest BCUT2D eigenvalue weighted by molar-refractivity contribution is 0.00989. The zero-order chi connectivity index (χ0) is 22.8. The zero-order valence-corrected chi connectivity index (χ0v) is 19.8. The highest BCUT2D eigenvalue weighted by Gasteiger charge is 2.21. The van der Waals surface area contributed by atoms with Gasteiger partial charge in [-0.3, -0.25) is 4.99 Å². The first-order valence-electron chi connectivity index (χ1n) is 11.3. The molecule has 1 N–H and O–H groups in total. The molecule has 1 fully saturated rings. The number of hydrogen-bond acceptors (Lipinski definition) is 5. The van der Waals surface area contributed by atoms with Crippen LogP contribution in [0.25, 0.3) is 0 Å². The molecule has 0 aliphatic carbocycles. The molecule has 2 aromatic rings. The van der Waals surface area contributed by atoms with Crippen LogP contribution in [-0.2, 0) is 16.0 Å². The fraction of sp³-hybridized carbons (Fsp3) is 0.520.